The van der Waals surface area contributed by atoms with E-state index < -0.39 is 0 Å². The Bertz CT molecular complexity index is 1650. The first-order chi connectivity index (χ1) is 18.4. The van der Waals surface area contributed by atoms with Crippen molar-refractivity contribution in [2.24, 2.45) is 0 Å². The Hall–Kier alpha value is -4.24. The van der Waals surface area contributed by atoms with Crippen LogP contribution in [0.4, 0.5) is 17.1 Å². The van der Waals surface area contributed by atoms with Crippen LogP contribution in [0.2, 0.25) is 0 Å². The predicted molar refractivity (Wildman–Crippen MR) is 160 cm³/mol. The molecule has 0 saturated carbocycles. The third kappa shape index (κ3) is 3.35. The highest BCUT2D eigenvalue weighted by atomic mass is 16.5. The number of hydrogen-bond acceptors (Lipinski definition) is 2. The molecule has 0 radical (unpaired) electrons. The smallest absolute Gasteiger partial charge is 0.251 e. The van der Waals surface area contributed by atoms with Crippen molar-refractivity contribution in [2.75, 3.05) is 4.90 Å². The summed E-state index contributed by atoms with van der Waals surface area (Å²) < 4.78 is 6.55. The minimum absolute atomic E-state index is 0.125. The number of fused-ring (bicyclic) bond motifs is 4. The van der Waals surface area contributed by atoms with Gasteiger partial charge in [0.15, 0.2) is 0 Å². The van der Waals surface area contributed by atoms with Gasteiger partial charge in [-0.2, -0.15) is 0 Å². The molecular formula is C35H30BNO. The molecule has 5 aromatic rings. The van der Waals surface area contributed by atoms with E-state index in [0.717, 1.165) is 28.6 Å². The zero-order chi connectivity index (χ0) is 26.0. The van der Waals surface area contributed by atoms with Crippen molar-refractivity contribution in [3.8, 4) is 11.5 Å². The molecule has 38 heavy (non-hydrogen) atoms. The number of hydrogen-bond donors (Lipinski definition) is 0. The van der Waals surface area contributed by atoms with Gasteiger partial charge < -0.3 is 9.64 Å². The first-order valence-corrected chi connectivity index (χ1v) is 13.4. The second kappa shape index (κ2) is 8.39. The van der Waals surface area contributed by atoms with E-state index in [9.17, 15) is 0 Å². The summed E-state index contributed by atoms with van der Waals surface area (Å²) >= 11 is 0. The summed E-state index contributed by atoms with van der Waals surface area (Å²) in [4.78, 5) is 2.36. The molecule has 5 aromatic carbocycles. The zero-order valence-corrected chi connectivity index (χ0v) is 22.3. The monoisotopic (exact) mass is 491 g/mol. The summed E-state index contributed by atoms with van der Waals surface area (Å²) in [6, 6.07) is 39.4. The molecule has 0 atom stereocenters. The van der Waals surface area contributed by atoms with Gasteiger partial charge in [0.25, 0.3) is 6.71 Å². The second-order valence-corrected chi connectivity index (χ2v) is 11.1. The first kappa shape index (κ1) is 22.9. The van der Waals surface area contributed by atoms with Crippen molar-refractivity contribution < 1.29 is 4.74 Å². The number of para-hydroxylation sites is 2. The molecule has 3 heteroatoms. The van der Waals surface area contributed by atoms with Crippen LogP contribution in [0.15, 0.2) is 109 Å². The van der Waals surface area contributed by atoms with Gasteiger partial charge in [-0.05, 0) is 90.0 Å². The normalized spacial score (nSPS) is 14.2. The molecule has 0 aliphatic carbocycles. The molecule has 0 unspecified atom stereocenters. The van der Waals surface area contributed by atoms with Crippen molar-refractivity contribution in [2.45, 2.75) is 33.1 Å². The highest BCUT2D eigenvalue weighted by molar-refractivity contribution is 6.98. The molecule has 2 heterocycles. The highest BCUT2D eigenvalue weighted by Gasteiger charge is 2.45. The summed E-state index contributed by atoms with van der Waals surface area (Å²) in [5.74, 6) is 1.95. The number of ether oxygens (including phenoxy) is 1. The van der Waals surface area contributed by atoms with Crippen LogP contribution in [-0.4, -0.2) is 6.71 Å². The Morgan fingerprint density at radius 3 is 1.97 bits per heavy atom. The summed E-state index contributed by atoms with van der Waals surface area (Å²) in [6.45, 7) is 9.26. The molecule has 2 aliphatic rings. The van der Waals surface area contributed by atoms with Crippen LogP contribution in [0.25, 0.3) is 0 Å². The Balaban J connectivity index is 1.51. The number of benzene rings is 5. The molecular weight excluding hydrogens is 461 g/mol. The van der Waals surface area contributed by atoms with Crippen LogP contribution in [-0.2, 0) is 5.41 Å². The largest absolute Gasteiger partial charge is 0.458 e. The maximum absolute atomic E-state index is 6.55. The third-order valence-corrected chi connectivity index (χ3v) is 8.33. The van der Waals surface area contributed by atoms with Crippen LogP contribution in [0.5, 0.6) is 11.5 Å². The fourth-order valence-electron chi connectivity index (χ4n) is 6.73. The standard InChI is InChI=1S/C35H30BNO/c1-23-15-19-31-30(21-23)36-29-22-27(37(25-11-7-5-8-12-25)26-13-9-6-10-14-26)17-18-28(29)35(3,4)33-24(2)16-20-32(38-31)34(33)36/h5-22H,1-4H3. The molecule has 0 amide bonds. The lowest BCUT2D eigenvalue weighted by atomic mass is 9.30. The minimum Gasteiger partial charge on any atom is -0.458 e. The Morgan fingerprint density at radius 1 is 0.632 bits per heavy atom. The molecule has 2 aliphatic heterocycles. The molecule has 0 fully saturated rings. The lowest BCUT2D eigenvalue weighted by Gasteiger charge is -2.43. The number of nitrogens with zero attached hydrogens (tertiary/aromatic N) is 1. The second-order valence-electron chi connectivity index (χ2n) is 11.1. The van der Waals surface area contributed by atoms with Gasteiger partial charge in [0.1, 0.15) is 11.5 Å². The van der Waals surface area contributed by atoms with Crippen molar-refractivity contribution in [3.63, 3.8) is 0 Å². The van der Waals surface area contributed by atoms with Crippen LogP contribution < -0.4 is 26.0 Å². The van der Waals surface area contributed by atoms with Crippen LogP contribution in [0.3, 0.4) is 0 Å². The Labute approximate surface area is 225 Å². The third-order valence-electron chi connectivity index (χ3n) is 8.33. The molecule has 2 nitrogen and oxygen atoms in total. The summed E-state index contributed by atoms with van der Waals surface area (Å²) in [5, 5.41) is 0. The number of anilines is 3. The van der Waals surface area contributed by atoms with Gasteiger partial charge in [-0.1, -0.05) is 85.5 Å². The molecule has 0 saturated heterocycles. The van der Waals surface area contributed by atoms with Crippen LogP contribution >= 0.6 is 0 Å². The van der Waals surface area contributed by atoms with Gasteiger partial charge in [-0.3, -0.25) is 0 Å². The summed E-state index contributed by atoms with van der Waals surface area (Å²) in [5.41, 5.74) is 12.6. The molecule has 7 rings (SSSR count). The van der Waals surface area contributed by atoms with E-state index in [1.165, 1.54) is 38.6 Å². The number of rotatable bonds is 3. The van der Waals surface area contributed by atoms with Crippen molar-refractivity contribution in [1.29, 1.82) is 0 Å². The average molecular weight is 491 g/mol. The maximum atomic E-state index is 6.55. The van der Waals surface area contributed by atoms with Gasteiger partial charge in [0.05, 0.1) is 0 Å². The van der Waals surface area contributed by atoms with Gasteiger partial charge >= 0.3 is 0 Å². The summed E-state index contributed by atoms with van der Waals surface area (Å²) in [7, 11) is 0. The summed E-state index contributed by atoms with van der Waals surface area (Å²) in [6.07, 6.45) is 0. The fraction of sp³-hybridized carbons (Fsp3) is 0.143. The van der Waals surface area contributed by atoms with E-state index in [-0.39, 0.29) is 12.1 Å². The lowest BCUT2D eigenvalue weighted by molar-refractivity contribution is 0.484. The van der Waals surface area contributed by atoms with Crippen molar-refractivity contribution in [1.82, 2.24) is 0 Å². The quantitative estimate of drug-likeness (QED) is 0.246. The van der Waals surface area contributed by atoms with E-state index in [1.54, 1.807) is 0 Å². The van der Waals surface area contributed by atoms with Crippen molar-refractivity contribution >= 4 is 40.2 Å². The first-order valence-electron chi connectivity index (χ1n) is 13.4. The zero-order valence-electron chi connectivity index (χ0n) is 22.3. The number of aryl methyl sites for hydroxylation is 2. The Morgan fingerprint density at radius 2 is 1.29 bits per heavy atom. The van der Waals surface area contributed by atoms with E-state index in [2.05, 4.69) is 142 Å². The molecule has 0 aromatic heterocycles. The fourth-order valence-corrected chi connectivity index (χ4v) is 6.73. The van der Waals surface area contributed by atoms with E-state index in [0.29, 0.717) is 0 Å². The predicted octanol–water partition coefficient (Wildman–Crippen LogP) is 7.03. The Kier molecular flexibility index (Phi) is 5.06. The van der Waals surface area contributed by atoms with Gasteiger partial charge in [-0.15, -0.1) is 0 Å². The van der Waals surface area contributed by atoms with Crippen LogP contribution in [0.1, 0.15) is 36.1 Å². The van der Waals surface area contributed by atoms with Crippen LogP contribution in [0, 0.1) is 13.8 Å². The molecule has 184 valence electrons. The molecule has 0 N–H and O–H groups in total. The van der Waals surface area contributed by atoms with Gasteiger partial charge in [0.2, 0.25) is 0 Å². The lowest BCUT2D eigenvalue weighted by Crippen LogP contribution is -2.62. The van der Waals surface area contributed by atoms with E-state index in [1.807, 2.05) is 0 Å². The van der Waals surface area contributed by atoms with E-state index in [4.69, 9.17) is 4.74 Å². The van der Waals surface area contributed by atoms with E-state index >= 15 is 0 Å². The molecule has 0 bridgehead atoms. The molecule has 0 spiro atoms. The SMILES string of the molecule is Cc1ccc2c(c1)B1c3cc(N(c4ccccc4)c4ccccc4)ccc3C(C)(C)c3c(C)ccc(c31)O2. The van der Waals surface area contributed by atoms with Crippen molar-refractivity contribution in [3.05, 3.63) is 131 Å². The minimum atomic E-state index is -0.144. The average Bonchev–Trinajstić information content (AvgIpc) is 2.93. The maximum Gasteiger partial charge on any atom is 0.251 e. The van der Waals surface area contributed by atoms with Gasteiger partial charge in [0, 0.05) is 22.5 Å². The topological polar surface area (TPSA) is 12.5 Å². The highest BCUT2D eigenvalue weighted by Crippen LogP contribution is 2.42. The van der Waals surface area contributed by atoms with Gasteiger partial charge in [-0.25, -0.2) is 0 Å².